The molecule has 4 heteroatoms. The van der Waals surface area contributed by atoms with Crippen LogP contribution in [0.4, 0.5) is 0 Å². The van der Waals surface area contributed by atoms with Crippen molar-refractivity contribution in [3.8, 4) is 10.6 Å². The first kappa shape index (κ1) is 10.7. The molecule has 0 saturated carbocycles. The monoisotopic (exact) mass is 260 g/mol. The van der Waals surface area contributed by atoms with Crippen LogP contribution >= 0.6 is 22.9 Å². The highest BCUT2D eigenvalue weighted by molar-refractivity contribution is 7.22. The number of halogens is 1. The second-order valence-corrected chi connectivity index (χ2v) is 5.24. The fraction of sp³-hybridized carbons (Fsp3) is 0.0769. The van der Waals surface area contributed by atoms with Gasteiger partial charge < -0.3 is 0 Å². The predicted octanol–water partition coefficient (Wildman–Crippen LogP) is 4.32. The number of aryl methyl sites for hydroxylation is 1. The molecule has 0 bridgehead atoms. The molecule has 2 nitrogen and oxygen atoms in total. The lowest BCUT2D eigenvalue weighted by Crippen LogP contribution is -1.82. The molecule has 0 fully saturated rings. The highest BCUT2D eigenvalue weighted by Gasteiger charge is 2.08. The summed E-state index contributed by atoms with van der Waals surface area (Å²) in [5, 5.41) is 0.749. The lowest BCUT2D eigenvalue weighted by Gasteiger charge is -1.96. The van der Waals surface area contributed by atoms with E-state index in [-0.39, 0.29) is 0 Å². The molecule has 0 aromatic carbocycles. The van der Waals surface area contributed by atoms with Crippen LogP contribution in [0.3, 0.4) is 0 Å². The van der Waals surface area contributed by atoms with E-state index in [0.717, 1.165) is 31.5 Å². The van der Waals surface area contributed by atoms with Crippen molar-refractivity contribution in [3.05, 3.63) is 47.2 Å². The van der Waals surface area contributed by atoms with Crippen LogP contribution in [0.1, 0.15) is 5.69 Å². The van der Waals surface area contributed by atoms with E-state index in [1.165, 1.54) is 0 Å². The zero-order valence-electron chi connectivity index (χ0n) is 9.14. The molecule has 0 saturated heterocycles. The van der Waals surface area contributed by atoms with Crippen molar-refractivity contribution in [3.63, 3.8) is 0 Å². The molecular weight excluding hydrogens is 252 g/mol. The van der Waals surface area contributed by atoms with Gasteiger partial charge in [-0.05, 0) is 31.2 Å². The SMILES string of the molecule is Cc1cccc(-c2cc3nccc(Cl)c3s2)n1. The molecule has 0 unspecified atom stereocenters. The Bertz CT molecular complexity index is 691. The van der Waals surface area contributed by atoms with Crippen LogP contribution in [-0.4, -0.2) is 9.97 Å². The summed E-state index contributed by atoms with van der Waals surface area (Å²) < 4.78 is 1.02. The smallest absolute Gasteiger partial charge is 0.0831 e. The van der Waals surface area contributed by atoms with Crippen molar-refractivity contribution in [2.45, 2.75) is 6.92 Å². The molecule has 0 aliphatic carbocycles. The minimum Gasteiger partial charge on any atom is -0.255 e. The number of nitrogens with zero attached hydrogens (tertiary/aromatic N) is 2. The van der Waals surface area contributed by atoms with E-state index in [1.54, 1.807) is 17.5 Å². The molecule has 0 radical (unpaired) electrons. The van der Waals surface area contributed by atoms with E-state index >= 15 is 0 Å². The minimum atomic E-state index is 0.749. The second-order valence-electron chi connectivity index (χ2n) is 3.78. The zero-order chi connectivity index (χ0) is 11.8. The molecule has 0 amide bonds. The van der Waals surface area contributed by atoms with Crippen molar-refractivity contribution in [2.75, 3.05) is 0 Å². The van der Waals surface area contributed by atoms with E-state index in [2.05, 4.69) is 9.97 Å². The van der Waals surface area contributed by atoms with Crippen molar-refractivity contribution < 1.29 is 0 Å². The Kier molecular flexibility index (Phi) is 2.57. The number of hydrogen-bond donors (Lipinski definition) is 0. The van der Waals surface area contributed by atoms with Gasteiger partial charge in [-0.3, -0.25) is 9.97 Å². The lowest BCUT2D eigenvalue weighted by atomic mass is 10.2. The van der Waals surface area contributed by atoms with Crippen molar-refractivity contribution in [1.29, 1.82) is 0 Å². The van der Waals surface area contributed by atoms with Gasteiger partial charge in [0.05, 0.1) is 25.8 Å². The van der Waals surface area contributed by atoms with Gasteiger partial charge in [-0.15, -0.1) is 11.3 Å². The number of rotatable bonds is 1. The Morgan fingerprint density at radius 2 is 2.12 bits per heavy atom. The molecule has 3 rings (SSSR count). The predicted molar refractivity (Wildman–Crippen MR) is 72.6 cm³/mol. The molecule has 0 aliphatic heterocycles. The molecule has 0 atom stereocenters. The number of fused-ring (bicyclic) bond motifs is 1. The van der Waals surface area contributed by atoms with Crippen LogP contribution in [0.25, 0.3) is 20.8 Å². The summed E-state index contributed by atoms with van der Waals surface area (Å²) >= 11 is 7.77. The Labute approximate surface area is 108 Å². The van der Waals surface area contributed by atoms with Crippen molar-refractivity contribution >= 4 is 33.2 Å². The van der Waals surface area contributed by atoms with Crippen molar-refractivity contribution in [1.82, 2.24) is 9.97 Å². The number of pyridine rings is 2. The maximum atomic E-state index is 6.14. The van der Waals surface area contributed by atoms with Crippen LogP contribution in [0.2, 0.25) is 5.02 Å². The first-order chi connectivity index (χ1) is 8.24. The fourth-order valence-electron chi connectivity index (χ4n) is 1.71. The average molecular weight is 261 g/mol. The first-order valence-electron chi connectivity index (χ1n) is 5.22. The van der Waals surface area contributed by atoms with Crippen LogP contribution in [0.15, 0.2) is 36.5 Å². The second kappa shape index (κ2) is 4.09. The van der Waals surface area contributed by atoms with Gasteiger partial charge in [-0.2, -0.15) is 0 Å². The molecule has 3 aromatic heterocycles. The lowest BCUT2D eigenvalue weighted by molar-refractivity contribution is 1.21. The van der Waals surface area contributed by atoms with Crippen molar-refractivity contribution in [2.24, 2.45) is 0 Å². The van der Waals surface area contributed by atoms with E-state index in [0.29, 0.717) is 0 Å². The average Bonchev–Trinajstić information content (AvgIpc) is 2.74. The largest absolute Gasteiger partial charge is 0.255 e. The highest BCUT2D eigenvalue weighted by atomic mass is 35.5. The minimum absolute atomic E-state index is 0.749. The van der Waals surface area contributed by atoms with Crippen LogP contribution in [0.5, 0.6) is 0 Å². The summed E-state index contributed by atoms with van der Waals surface area (Å²) in [5.41, 5.74) is 2.92. The van der Waals surface area contributed by atoms with Crippen LogP contribution in [0, 0.1) is 6.92 Å². The Morgan fingerprint density at radius 1 is 1.24 bits per heavy atom. The van der Waals surface area contributed by atoms with Gasteiger partial charge in [0, 0.05) is 11.9 Å². The van der Waals surface area contributed by atoms with Gasteiger partial charge in [0.1, 0.15) is 0 Å². The number of thiophene rings is 1. The van der Waals surface area contributed by atoms with E-state index < -0.39 is 0 Å². The topological polar surface area (TPSA) is 25.8 Å². The third-order valence-electron chi connectivity index (χ3n) is 2.50. The summed E-state index contributed by atoms with van der Waals surface area (Å²) in [6, 6.07) is 9.85. The van der Waals surface area contributed by atoms with E-state index in [1.807, 2.05) is 37.3 Å². The highest BCUT2D eigenvalue weighted by Crippen LogP contribution is 2.35. The van der Waals surface area contributed by atoms with E-state index in [9.17, 15) is 0 Å². The molecule has 3 heterocycles. The fourth-order valence-corrected chi connectivity index (χ4v) is 2.97. The maximum Gasteiger partial charge on any atom is 0.0831 e. The van der Waals surface area contributed by atoms with Gasteiger partial charge in [-0.1, -0.05) is 17.7 Å². The third-order valence-corrected chi connectivity index (χ3v) is 4.11. The number of aromatic nitrogens is 2. The molecule has 3 aromatic rings. The third kappa shape index (κ3) is 1.92. The van der Waals surface area contributed by atoms with Crippen LogP contribution < -0.4 is 0 Å². The maximum absolute atomic E-state index is 6.14. The number of hydrogen-bond acceptors (Lipinski definition) is 3. The van der Waals surface area contributed by atoms with Gasteiger partial charge in [0.2, 0.25) is 0 Å². The Hall–Kier alpha value is -1.45. The molecular formula is C13H9ClN2S. The summed E-state index contributed by atoms with van der Waals surface area (Å²) in [6.45, 7) is 1.99. The first-order valence-corrected chi connectivity index (χ1v) is 6.41. The normalized spacial score (nSPS) is 10.9. The zero-order valence-corrected chi connectivity index (χ0v) is 10.7. The summed E-state index contributed by atoms with van der Waals surface area (Å²) in [7, 11) is 0. The summed E-state index contributed by atoms with van der Waals surface area (Å²) in [5.74, 6) is 0. The van der Waals surface area contributed by atoms with Gasteiger partial charge >= 0.3 is 0 Å². The quantitative estimate of drug-likeness (QED) is 0.651. The van der Waals surface area contributed by atoms with Gasteiger partial charge in [-0.25, -0.2) is 0 Å². The Balaban J connectivity index is 2.22. The summed E-state index contributed by atoms with van der Waals surface area (Å²) in [6.07, 6.45) is 1.73. The summed E-state index contributed by atoms with van der Waals surface area (Å²) in [4.78, 5) is 9.92. The van der Waals surface area contributed by atoms with E-state index in [4.69, 9.17) is 11.6 Å². The molecule has 0 aliphatic rings. The Morgan fingerprint density at radius 3 is 2.88 bits per heavy atom. The van der Waals surface area contributed by atoms with Crippen LogP contribution in [-0.2, 0) is 0 Å². The van der Waals surface area contributed by atoms with Gasteiger partial charge in [0.25, 0.3) is 0 Å². The van der Waals surface area contributed by atoms with Gasteiger partial charge in [0.15, 0.2) is 0 Å². The standard InChI is InChI=1S/C13H9ClN2S/c1-8-3-2-4-10(16-8)12-7-11-13(17-12)9(14)5-6-15-11/h2-7H,1H3. The molecule has 17 heavy (non-hydrogen) atoms. The molecule has 0 spiro atoms. The molecule has 0 N–H and O–H groups in total. The molecule has 84 valence electrons.